The van der Waals surface area contributed by atoms with E-state index in [1.165, 1.54) is 6.92 Å². The van der Waals surface area contributed by atoms with Gasteiger partial charge in [-0.05, 0) is 0 Å². The molecule has 2 N–H and O–H groups in total. The normalized spacial score (nSPS) is 5.80. The third-order valence-corrected chi connectivity index (χ3v) is 0.158. The number of nitrogens with zero attached hydrogens (tertiary/aromatic N) is 2. The highest BCUT2D eigenvalue weighted by molar-refractivity contribution is 5.71. The van der Waals surface area contributed by atoms with Crippen molar-refractivity contribution >= 4 is 5.84 Å². The van der Waals surface area contributed by atoms with Gasteiger partial charge in [0.15, 0.2) is 0 Å². The monoisotopic (exact) mass is 71.0 g/mol. The highest BCUT2D eigenvalue weighted by atomic mass is 14.9. The second-order valence-corrected chi connectivity index (χ2v) is 0.741. The smallest absolute Gasteiger partial charge is 0.321 e. The standard InChI is InChI=1S/C2H5N3/c1-2(3)5-4/h3H2,1H3. The number of rotatable bonds is 0. The van der Waals surface area contributed by atoms with Crippen molar-refractivity contribution in [1.29, 1.82) is 0 Å². The highest BCUT2D eigenvalue weighted by Crippen LogP contribution is 1.37. The fourth-order valence-electron chi connectivity index (χ4n) is 0. The molecule has 0 radical (unpaired) electrons. The molecule has 0 aliphatic carbocycles. The van der Waals surface area contributed by atoms with Crippen LogP contribution in [0.3, 0.4) is 0 Å². The Bertz CT molecular complexity index is 65.0. The van der Waals surface area contributed by atoms with Crippen LogP contribution in [0.5, 0.6) is 0 Å². The van der Waals surface area contributed by atoms with Crippen molar-refractivity contribution in [3.05, 3.63) is 5.53 Å². The zero-order valence-corrected chi connectivity index (χ0v) is 2.97. The van der Waals surface area contributed by atoms with Gasteiger partial charge in [0.05, 0.1) is 6.92 Å². The van der Waals surface area contributed by atoms with E-state index < -0.39 is 0 Å². The van der Waals surface area contributed by atoms with E-state index in [0.717, 1.165) is 0 Å². The van der Waals surface area contributed by atoms with Gasteiger partial charge in [0.2, 0.25) is 0 Å². The Kier molecular flexibility index (Phi) is 1.25. The number of hydrogen-bond donors (Lipinski definition) is 1. The van der Waals surface area contributed by atoms with Crippen molar-refractivity contribution < 1.29 is 4.79 Å². The van der Waals surface area contributed by atoms with Crippen molar-refractivity contribution in [2.75, 3.05) is 0 Å². The molecule has 5 heavy (non-hydrogen) atoms. The molecule has 0 saturated carbocycles. The molecule has 0 heterocycles. The van der Waals surface area contributed by atoms with Gasteiger partial charge in [0, 0.05) is 0 Å². The van der Waals surface area contributed by atoms with Crippen LogP contribution >= 0.6 is 0 Å². The van der Waals surface area contributed by atoms with Crippen LogP contribution in [0, 0.1) is 0 Å². The predicted molar refractivity (Wildman–Crippen MR) is 18.5 cm³/mol. The molecule has 0 aromatic heterocycles. The van der Waals surface area contributed by atoms with E-state index in [9.17, 15) is 0 Å². The summed E-state index contributed by atoms with van der Waals surface area (Å²) in [6.07, 6.45) is 0. The van der Waals surface area contributed by atoms with Crippen molar-refractivity contribution in [2.45, 2.75) is 6.92 Å². The third-order valence-electron chi connectivity index (χ3n) is 0.158. The predicted octanol–water partition coefficient (Wildman–Crippen LogP) is -0.407. The van der Waals surface area contributed by atoms with Gasteiger partial charge in [-0.15, -0.1) is 0 Å². The fourth-order valence-corrected chi connectivity index (χ4v) is 0. The Hall–Kier alpha value is -0.820. The maximum atomic E-state index is 7.61. The van der Waals surface area contributed by atoms with E-state index in [2.05, 4.69) is 4.79 Å². The molecular weight excluding hydrogens is 66.0 g/mol. The Morgan fingerprint density at radius 2 is 2.20 bits per heavy atom. The van der Waals surface area contributed by atoms with E-state index in [-0.39, 0.29) is 5.84 Å². The van der Waals surface area contributed by atoms with Crippen LogP contribution in [0.15, 0.2) is 0 Å². The quantitative estimate of drug-likeness (QED) is 0.179. The van der Waals surface area contributed by atoms with Gasteiger partial charge in [0.25, 0.3) is 0 Å². The van der Waals surface area contributed by atoms with Crippen LogP contribution in [0.4, 0.5) is 0 Å². The lowest BCUT2D eigenvalue weighted by Crippen LogP contribution is -2.04. The number of hydrogen-bond acceptors (Lipinski definition) is 0. The molecule has 0 amide bonds. The van der Waals surface area contributed by atoms with Gasteiger partial charge < -0.3 is 10.3 Å². The largest absolute Gasteiger partial charge is 0.498 e. The molecule has 0 aliphatic rings. The molecule has 0 saturated heterocycles. The zero-order chi connectivity index (χ0) is 4.28. The first kappa shape index (κ1) is 4.18. The molecule has 0 aromatic rings. The van der Waals surface area contributed by atoms with Crippen molar-refractivity contribution in [1.82, 2.24) is 0 Å². The summed E-state index contributed by atoms with van der Waals surface area (Å²) in [5, 5.41) is 0. The first-order chi connectivity index (χ1) is 2.27. The molecule has 0 atom stereocenters. The lowest BCUT2D eigenvalue weighted by molar-refractivity contribution is -0.00756. The Morgan fingerprint density at radius 1 is 2.00 bits per heavy atom. The minimum absolute atomic E-state index is 0.185. The summed E-state index contributed by atoms with van der Waals surface area (Å²) < 4.78 is 0. The van der Waals surface area contributed by atoms with E-state index in [4.69, 9.17) is 11.3 Å². The molecule has 0 bridgehead atoms. The summed E-state index contributed by atoms with van der Waals surface area (Å²) in [7, 11) is 0. The molecule has 0 rings (SSSR count). The zero-order valence-electron chi connectivity index (χ0n) is 2.97. The second-order valence-electron chi connectivity index (χ2n) is 0.741. The molecule has 0 aliphatic heterocycles. The van der Waals surface area contributed by atoms with Crippen molar-refractivity contribution in [2.24, 2.45) is 5.73 Å². The van der Waals surface area contributed by atoms with Gasteiger partial charge in [-0.25, -0.2) is 0 Å². The minimum Gasteiger partial charge on any atom is -0.498 e. The topological polar surface area (TPSA) is 62.4 Å². The summed E-state index contributed by atoms with van der Waals surface area (Å²) in [5.41, 5.74) is 12.4. The summed E-state index contributed by atoms with van der Waals surface area (Å²) in [6, 6.07) is 0. The maximum absolute atomic E-state index is 7.61. The van der Waals surface area contributed by atoms with Crippen LogP contribution in [0.2, 0.25) is 0 Å². The van der Waals surface area contributed by atoms with E-state index in [1.807, 2.05) is 0 Å². The van der Waals surface area contributed by atoms with Gasteiger partial charge in [0.1, 0.15) is 0 Å². The van der Waals surface area contributed by atoms with E-state index in [1.54, 1.807) is 0 Å². The lowest BCUT2D eigenvalue weighted by Gasteiger charge is -1.61. The van der Waals surface area contributed by atoms with Crippen LogP contribution in [0.1, 0.15) is 6.92 Å². The molecule has 0 unspecified atom stereocenters. The van der Waals surface area contributed by atoms with Gasteiger partial charge in [-0.2, -0.15) is 0 Å². The highest BCUT2D eigenvalue weighted by Gasteiger charge is 1.71. The van der Waals surface area contributed by atoms with E-state index in [0.29, 0.717) is 0 Å². The van der Waals surface area contributed by atoms with Gasteiger partial charge >= 0.3 is 5.84 Å². The minimum atomic E-state index is 0.185. The van der Waals surface area contributed by atoms with Crippen molar-refractivity contribution in [3.63, 3.8) is 0 Å². The van der Waals surface area contributed by atoms with Gasteiger partial charge in [-0.3, -0.25) is 5.73 Å². The first-order valence-corrected chi connectivity index (χ1v) is 1.21. The molecule has 0 spiro atoms. The van der Waals surface area contributed by atoms with Crippen LogP contribution in [-0.4, -0.2) is 10.6 Å². The molecule has 0 aromatic carbocycles. The second kappa shape index (κ2) is 1.49. The average molecular weight is 71.1 g/mol. The summed E-state index contributed by atoms with van der Waals surface area (Å²) in [4.78, 5) is 2.58. The van der Waals surface area contributed by atoms with Crippen LogP contribution in [0.25, 0.3) is 5.53 Å². The molecule has 28 valence electrons. The van der Waals surface area contributed by atoms with E-state index >= 15 is 0 Å². The Labute approximate surface area is 30.0 Å². The molecule has 3 heteroatoms. The molecular formula is C2H5N3. The maximum Gasteiger partial charge on any atom is 0.321 e. The summed E-state index contributed by atoms with van der Waals surface area (Å²) in [6.45, 7) is 1.50. The van der Waals surface area contributed by atoms with Crippen LogP contribution < -0.4 is 5.73 Å². The van der Waals surface area contributed by atoms with Gasteiger partial charge in [-0.1, -0.05) is 0 Å². The summed E-state index contributed by atoms with van der Waals surface area (Å²) >= 11 is 0. The van der Waals surface area contributed by atoms with Crippen LogP contribution in [-0.2, 0) is 0 Å². The third kappa shape index (κ3) is 3.18. The number of nitrogens with two attached hydrogens (primary N) is 1. The fraction of sp³-hybridized carbons (Fsp3) is 0.500. The average Bonchev–Trinajstić information content (AvgIpc) is 1.38. The molecule has 3 nitrogen and oxygen atoms in total. The number of amidine groups is 1. The molecule has 0 fully saturated rings. The first-order valence-electron chi connectivity index (χ1n) is 1.21. The summed E-state index contributed by atoms with van der Waals surface area (Å²) in [5.74, 6) is 0.185. The SMILES string of the molecule is CC(N)=[N+]=[N-]. The lowest BCUT2D eigenvalue weighted by atomic mass is 10.8. The Morgan fingerprint density at radius 3 is 2.20 bits per heavy atom. The van der Waals surface area contributed by atoms with Crippen molar-refractivity contribution in [3.8, 4) is 0 Å². The Balaban J connectivity index is 3.60.